The summed E-state index contributed by atoms with van der Waals surface area (Å²) < 4.78 is 0. The first-order valence-electron chi connectivity index (χ1n) is 8.96. The van der Waals surface area contributed by atoms with Crippen LogP contribution in [0.2, 0.25) is 0 Å². The zero-order valence-electron chi connectivity index (χ0n) is 15.1. The van der Waals surface area contributed by atoms with E-state index in [0.29, 0.717) is 28.4 Å². The minimum Gasteiger partial charge on any atom is -0.361 e. The number of rotatable bonds is 2. The summed E-state index contributed by atoms with van der Waals surface area (Å²) in [5.74, 6) is 0.354. The number of nitrogens with zero attached hydrogens (tertiary/aromatic N) is 4. The standard InChI is InChI=1S/C23H13N5O/c1-24-19-10-8-15-13-16(7-9-17(15)26-19)21-20(14-5-3-2-4-6-14)28-23-22(27-21)18(29)11-12-25-23/h2-13H,(H,25,28,29). The second-order valence-electron chi connectivity index (χ2n) is 6.51. The molecule has 0 unspecified atom stereocenters. The third kappa shape index (κ3) is 2.91. The summed E-state index contributed by atoms with van der Waals surface area (Å²) in [7, 11) is 0. The van der Waals surface area contributed by atoms with Gasteiger partial charge in [0.05, 0.1) is 11.4 Å². The minimum absolute atomic E-state index is 0.184. The Kier molecular flexibility index (Phi) is 3.85. The monoisotopic (exact) mass is 375 g/mol. The molecule has 2 aromatic carbocycles. The molecule has 6 nitrogen and oxygen atoms in total. The van der Waals surface area contributed by atoms with Crippen molar-refractivity contribution in [3.8, 4) is 22.5 Å². The van der Waals surface area contributed by atoms with Gasteiger partial charge in [0.2, 0.25) is 5.43 Å². The Bertz CT molecular complexity index is 1480. The number of nitrogens with one attached hydrogen (secondary N) is 1. The van der Waals surface area contributed by atoms with Gasteiger partial charge in [-0.25, -0.2) is 9.97 Å². The van der Waals surface area contributed by atoms with E-state index in [4.69, 9.17) is 11.6 Å². The molecule has 29 heavy (non-hydrogen) atoms. The number of hydrogen-bond donors (Lipinski definition) is 1. The summed E-state index contributed by atoms with van der Waals surface area (Å²) in [4.78, 5) is 32.5. The van der Waals surface area contributed by atoms with Gasteiger partial charge in [0, 0.05) is 28.8 Å². The SMILES string of the molecule is [C-]#[N+]c1ccc2cc(-c3nc4c(=O)cc[nH]c4nc3-c3ccccc3)ccc2n1. The van der Waals surface area contributed by atoms with E-state index in [1.54, 1.807) is 12.3 Å². The van der Waals surface area contributed by atoms with Crippen LogP contribution < -0.4 is 5.43 Å². The van der Waals surface area contributed by atoms with E-state index >= 15 is 0 Å². The molecule has 0 fully saturated rings. The highest BCUT2D eigenvalue weighted by atomic mass is 16.1. The fourth-order valence-corrected chi connectivity index (χ4v) is 3.31. The first-order valence-corrected chi connectivity index (χ1v) is 8.96. The largest absolute Gasteiger partial charge is 0.361 e. The van der Waals surface area contributed by atoms with Crippen molar-refractivity contribution < 1.29 is 0 Å². The molecule has 0 aliphatic rings. The Morgan fingerprint density at radius 3 is 2.48 bits per heavy atom. The molecule has 0 spiro atoms. The van der Waals surface area contributed by atoms with Crippen LogP contribution in [-0.2, 0) is 0 Å². The Hall–Kier alpha value is -4.37. The number of hydrogen-bond acceptors (Lipinski definition) is 4. The molecule has 3 heterocycles. The average molecular weight is 375 g/mol. The summed E-state index contributed by atoms with van der Waals surface area (Å²) in [6, 6.07) is 20.4. The van der Waals surface area contributed by atoms with Crippen LogP contribution in [0, 0.1) is 6.57 Å². The lowest BCUT2D eigenvalue weighted by Gasteiger charge is -2.10. The van der Waals surface area contributed by atoms with Gasteiger partial charge in [0.15, 0.2) is 16.7 Å². The van der Waals surface area contributed by atoms with Crippen molar-refractivity contribution in [2.75, 3.05) is 0 Å². The molecule has 0 bridgehead atoms. The van der Waals surface area contributed by atoms with Crippen LogP contribution in [0.3, 0.4) is 0 Å². The first-order chi connectivity index (χ1) is 14.2. The smallest absolute Gasteiger partial charge is 0.270 e. The molecular formula is C23H13N5O. The molecule has 6 heteroatoms. The number of fused-ring (bicyclic) bond motifs is 2. The van der Waals surface area contributed by atoms with Crippen molar-refractivity contribution in [1.82, 2.24) is 19.9 Å². The molecule has 5 aromatic rings. The lowest BCUT2D eigenvalue weighted by molar-refractivity contribution is 1.22. The van der Waals surface area contributed by atoms with E-state index in [2.05, 4.69) is 19.8 Å². The van der Waals surface area contributed by atoms with Crippen molar-refractivity contribution in [1.29, 1.82) is 0 Å². The van der Waals surface area contributed by atoms with Crippen LogP contribution in [0.4, 0.5) is 5.82 Å². The summed E-state index contributed by atoms with van der Waals surface area (Å²) in [5, 5.41) is 0.887. The minimum atomic E-state index is -0.184. The van der Waals surface area contributed by atoms with Crippen LogP contribution in [0.5, 0.6) is 0 Å². The van der Waals surface area contributed by atoms with Gasteiger partial charge < -0.3 is 9.83 Å². The summed E-state index contributed by atoms with van der Waals surface area (Å²) in [6.45, 7) is 7.13. The molecule has 136 valence electrons. The lowest BCUT2D eigenvalue weighted by atomic mass is 10.0. The predicted molar refractivity (Wildman–Crippen MR) is 113 cm³/mol. The molecule has 5 rings (SSSR count). The molecule has 0 aliphatic heterocycles. The van der Waals surface area contributed by atoms with Crippen molar-refractivity contribution in [3.63, 3.8) is 0 Å². The molecule has 0 saturated carbocycles. The van der Waals surface area contributed by atoms with Crippen LogP contribution in [-0.4, -0.2) is 19.9 Å². The van der Waals surface area contributed by atoms with E-state index in [1.807, 2.05) is 54.6 Å². The van der Waals surface area contributed by atoms with Crippen molar-refractivity contribution >= 4 is 27.9 Å². The zero-order chi connectivity index (χ0) is 19.8. The van der Waals surface area contributed by atoms with E-state index in [0.717, 1.165) is 22.0 Å². The molecule has 0 atom stereocenters. The van der Waals surface area contributed by atoms with Gasteiger partial charge in [-0.3, -0.25) is 4.79 Å². The molecule has 3 aromatic heterocycles. The van der Waals surface area contributed by atoms with Gasteiger partial charge in [-0.15, -0.1) is 4.98 Å². The van der Waals surface area contributed by atoms with Gasteiger partial charge >= 0.3 is 0 Å². The summed E-state index contributed by atoms with van der Waals surface area (Å²) in [6.07, 6.45) is 1.57. The maximum atomic E-state index is 12.3. The molecule has 0 saturated heterocycles. The summed E-state index contributed by atoms with van der Waals surface area (Å²) >= 11 is 0. The zero-order valence-corrected chi connectivity index (χ0v) is 15.1. The maximum absolute atomic E-state index is 12.3. The molecule has 0 aliphatic carbocycles. The van der Waals surface area contributed by atoms with Crippen LogP contribution in [0.1, 0.15) is 0 Å². The lowest BCUT2D eigenvalue weighted by Crippen LogP contribution is -2.06. The third-order valence-corrected chi connectivity index (χ3v) is 4.69. The van der Waals surface area contributed by atoms with Gasteiger partial charge in [-0.05, 0) is 24.3 Å². The van der Waals surface area contributed by atoms with Crippen LogP contribution >= 0.6 is 0 Å². The van der Waals surface area contributed by atoms with Crippen molar-refractivity contribution in [3.05, 3.63) is 94.6 Å². The van der Waals surface area contributed by atoms with E-state index in [1.165, 1.54) is 6.07 Å². The fourth-order valence-electron chi connectivity index (χ4n) is 3.31. The topological polar surface area (TPSA) is 75.9 Å². The second-order valence-corrected chi connectivity index (χ2v) is 6.51. The summed E-state index contributed by atoms with van der Waals surface area (Å²) in [5.41, 5.74) is 4.33. The van der Waals surface area contributed by atoms with Crippen LogP contribution in [0.15, 0.2) is 77.7 Å². The molecule has 0 radical (unpaired) electrons. The normalized spacial score (nSPS) is 10.9. The average Bonchev–Trinajstić information content (AvgIpc) is 2.78. The first kappa shape index (κ1) is 16.8. The Labute approximate surface area is 165 Å². The van der Waals surface area contributed by atoms with Gasteiger partial charge in [-0.1, -0.05) is 43.0 Å². The third-order valence-electron chi connectivity index (χ3n) is 4.69. The van der Waals surface area contributed by atoms with Gasteiger partial charge in [0.1, 0.15) is 0 Å². The number of aromatic nitrogens is 4. The number of benzene rings is 2. The Balaban J connectivity index is 1.81. The highest BCUT2D eigenvalue weighted by molar-refractivity contribution is 5.90. The highest BCUT2D eigenvalue weighted by Gasteiger charge is 2.15. The van der Waals surface area contributed by atoms with E-state index in [-0.39, 0.29) is 5.43 Å². The number of H-pyrrole nitrogens is 1. The van der Waals surface area contributed by atoms with Gasteiger partial charge in [-0.2, -0.15) is 0 Å². The number of pyridine rings is 2. The molecule has 1 N–H and O–H groups in total. The molecular weight excluding hydrogens is 362 g/mol. The van der Waals surface area contributed by atoms with Crippen molar-refractivity contribution in [2.45, 2.75) is 0 Å². The maximum Gasteiger partial charge on any atom is 0.270 e. The Morgan fingerprint density at radius 2 is 1.66 bits per heavy atom. The quantitative estimate of drug-likeness (QED) is 0.452. The van der Waals surface area contributed by atoms with Crippen molar-refractivity contribution in [2.24, 2.45) is 0 Å². The molecule has 0 amide bonds. The number of aromatic amines is 1. The van der Waals surface area contributed by atoms with E-state index < -0.39 is 0 Å². The fraction of sp³-hybridized carbons (Fsp3) is 0. The van der Waals surface area contributed by atoms with E-state index in [9.17, 15) is 4.79 Å². The Morgan fingerprint density at radius 1 is 0.828 bits per heavy atom. The highest BCUT2D eigenvalue weighted by Crippen LogP contribution is 2.31. The van der Waals surface area contributed by atoms with Crippen LogP contribution in [0.25, 0.3) is 49.4 Å². The predicted octanol–water partition coefficient (Wildman–Crippen LogP) is 4.75. The second kappa shape index (κ2) is 6.66. The van der Waals surface area contributed by atoms with Gasteiger partial charge in [0.25, 0.3) is 5.82 Å².